The number of nitrogens with zero attached hydrogens (tertiary/aromatic N) is 4. The van der Waals surface area contributed by atoms with Crippen molar-refractivity contribution >= 4 is 23.5 Å². The monoisotopic (exact) mass is 382 g/mol. The lowest BCUT2D eigenvalue weighted by molar-refractivity contribution is -0.116. The number of nitrogens with one attached hydrogen (secondary N) is 2. The molecule has 2 atom stereocenters. The number of carbonyl (C=O) groups excluding carboxylic acids is 2. The Morgan fingerprint density at radius 1 is 0.821 bits per heavy atom. The first-order valence-electron chi connectivity index (χ1n) is 9.86. The van der Waals surface area contributed by atoms with Gasteiger partial charge in [-0.15, -0.1) is 10.2 Å². The summed E-state index contributed by atoms with van der Waals surface area (Å²) >= 11 is 0. The molecule has 8 nitrogen and oxygen atoms in total. The number of hydrogen-bond acceptors (Lipinski definition) is 6. The summed E-state index contributed by atoms with van der Waals surface area (Å²) in [5.41, 5.74) is 1.89. The fourth-order valence-electron chi connectivity index (χ4n) is 3.44. The van der Waals surface area contributed by atoms with Crippen LogP contribution in [0.4, 0.5) is 11.6 Å². The second kappa shape index (κ2) is 9.34. The lowest BCUT2D eigenvalue weighted by Gasteiger charge is -2.28. The van der Waals surface area contributed by atoms with Crippen LogP contribution in [-0.2, 0) is 9.59 Å². The van der Waals surface area contributed by atoms with Gasteiger partial charge in [0.05, 0.1) is 11.4 Å². The highest BCUT2D eigenvalue weighted by atomic mass is 16.2. The van der Waals surface area contributed by atoms with Crippen molar-refractivity contribution in [2.24, 2.45) is 0 Å². The minimum atomic E-state index is -0.0723. The average molecular weight is 382 g/mol. The minimum absolute atomic E-state index is 0.0723. The summed E-state index contributed by atoms with van der Waals surface area (Å²) in [6.07, 6.45) is 4.96. The Bertz CT molecular complexity index is 739. The molecule has 0 aliphatic heterocycles. The highest BCUT2D eigenvalue weighted by Gasteiger charge is 2.26. The molecule has 2 heterocycles. The summed E-state index contributed by atoms with van der Waals surface area (Å²) in [5, 5.41) is 22.4. The van der Waals surface area contributed by atoms with E-state index >= 15 is 0 Å². The molecular formula is C20H26N6O2. The first-order valence-corrected chi connectivity index (χ1v) is 9.86. The van der Waals surface area contributed by atoms with Gasteiger partial charge in [-0.25, -0.2) is 0 Å². The van der Waals surface area contributed by atoms with E-state index in [2.05, 4.69) is 31.0 Å². The SMILES string of the molecule is CCC(=O)Nc1ccc(C2CCCC(c3ccc(NC(=O)CC)nn3)C2)nn1. The maximum atomic E-state index is 11.5. The summed E-state index contributed by atoms with van der Waals surface area (Å²) in [6.45, 7) is 3.60. The molecule has 0 saturated heterocycles. The highest BCUT2D eigenvalue weighted by Crippen LogP contribution is 2.39. The van der Waals surface area contributed by atoms with Crippen LogP contribution in [0, 0.1) is 0 Å². The molecule has 0 aromatic carbocycles. The molecule has 2 amide bonds. The van der Waals surface area contributed by atoms with Gasteiger partial charge >= 0.3 is 0 Å². The third-order valence-corrected chi connectivity index (χ3v) is 5.06. The van der Waals surface area contributed by atoms with E-state index in [0.717, 1.165) is 37.1 Å². The zero-order valence-corrected chi connectivity index (χ0v) is 16.3. The van der Waals surface area contributed by atoms with Crippen molar-refractivity contribution in [2.45, 2.75) is 64.2 Å². The predicted octanol–water partition coefficient (Wildman–Crippen LogP) is 3.41. The topological polar surface area (TPSA) is 110 Å². The van der Waals surface area contributed by atoms with Crippen molar-refractivity contribution < 1.29 is 9.59 Å². The summed E-state index contributed by atoms with van der Waals surface area (Å²) < 4.78 is 0. The molecular weight excluding hydrogens is 356 g/mol. The predicted molar refractivity (Wildman–Crippen MR) is 106 cm³/mol. The Morgan fingerprint density at radius 2 is 1.29 bits per heavy atom. The Kier molecular flexibility index (Phi) is 6.62. The van der Waals surface area contributed by atoms with Crippen molar-refractivity contribution in [2.75, 3.05) is 10.6 Å². The van der Waals surface area contributed by atoms with E-state index in [-0.39, 0.29) is 11.8 Å². The third kappa shape index (κ3) is 5.09. The van der Waals surface area contributed by atoms with Crippen LogP contribution < -0.4 is 10.6 Å². The number of anilines is 2. The van der Waals surface area contributed by atoms with E-state index in [4.69, 9.17) is 0 Å². The van der Waals surface area contributed by atoms with Crippen LogP contribution in [0.25, 0.3) is 0 Å². The molecule has 0 spiro atoms. The van der Waals surface area contributed by atoms with Crippen LogP contribution in [0.2, 0.25) is 0 Å². The smallest absolute Gasteiger partial charge is 0.225 e. The van der Waals surface area contributed by atoms with Crippen LogP contribution in [0.5, 0.6) is 0 Å². The molecule has 8 heteroatoms. The summed E-state index contributed by atoms with van der Waals surface area (Å²) in [4.78, 5) is 22.9. The molecule has 1 fully saturated rings. The van der Waals surface area contributed by atoms with Gasteiger partial charge in [0.25, 0.3) is 0 Å². The van der Waals surface area contributed by atoms with Crippen LogP contribution in [0.15, 0.2) is 24.3 Å². The van der Waals surface area contributed by atoms with E-state index < -0.39 is 0 Å². The first-order chi connectivity index (χ1) is 13.6. The quantitative estimate of drug-likeness (QED) is 0.792. The largest absolute Gasteiger partial charge is 0.309 e. The van der Waals surface area contributed by atoms with Crippen LogP contribution in [-0.4, -0.2) is 32.2 Å². The average Bonchev–Trinajstić information content (AvgIpc) is 2.74. The van der Waals surface area contributed by atoms with E-state index in [9.17, 15) is 9.59 Å². The number of carbonyl (C=O) groups is 2. The van der Waals surface area contributed by atoms with Gasteiger partial charge in [-0.05, 0) is 43.5 Å². The fourth-order valence-corrected chi connectivity index (χ4v) is 3.44. The lowest BCUT2D eigenvalue weighted by atomic mass is 9.78. The van der Waals surface area contributed by atoms with E-state index in [1.807, 2.05) is 24.3 Å². The Hall–Kier alpha value is -2.90. The first kappa shape index (κ1) is 19.9. The summed E-state index contributed by atoms with van der Waals surface area (Å²) in [5.74, 6) is 1.44. The highest BCUT2D eigenvalue weighted by molar-refractivity contribution is 5.89. The Morgan fingerprint density at radius 3 is 1.64 bits per heavy atom. The van der Waals surface area contributed by atoms with Gasteiger partial charge in [-0.1, -0.05) is 20.3 Å². The standard InChI is InChI=1S/C20H26N6O2/c1-3-19(27)21-17-10-8-15(23-25-17)13-6-5-7-14(12-13)16-9-11-18(26-24-16)22-20(28)4-2/h8-11,13-14H,3-7,12H2,1-2H3,(H,21,25,27)(H,22,26,28). The van der Waals surface area contributed by atoms with Gasteiger partial charge in [0, 0.05) is 24.7 Å². The second-order valence-corrected chi connectivity index (χ2v) is 7.05. The molecule has 2 aromatic rings. The minimum Gasteiger partial charge on any atom is -0.309 e. The molecule has 2 aromatic heterocycles. The number of rotatable bonds is 6. The van der Waals surface area contributed by atoms with E-state index in [1.165, 1.54) is 0 Å². The maximum Gasteiger partial charge on any atom is 0.225 e. The molecule has 0 bridgehead atoms. The van der Waals surface area contributed by atoms with Crippen LogP contribution >= 0.6 is 0 Å². The van der Waals surface area contributed by atoms with Crippen molar-refractivity contribution in [1.82, 2.24) is 20.4 Å². The van der Waals surface area contributed by atoms with Crippen molar-refractivity contribution in [3.05, 3.63) is 35.7 Å². The lowest BCUT2D eigenvalue weighted by Crippen LogP contribution is -2.17. The Labute approximate surface area is 164 Å². The summed E-state index contributed by atoms with van der Waals surface area (Å²) in [6, 6.07) is 7.51. The normalized spacial score (nSPS) is 19.1. The molecule has 28 heavy (non-hydrogen) atoms. The van der Waals surface area contributed by atoms with Gasteiger partial charge in [-0.2, -0.15) is 10.2 Å². The van der Waals surface area contributed by atoms with Gasteiger partial charge in [0.15, 0.2) is 11.6 Å². The molecule has 1 aliphatic rings. The van der Waals surface area contributed by atoms with Gasteiger partial charge in [0.1, 0.15) is 0 Å². The zero-order chi connectivity index (χ0) is 19.9. The van der Waals surface area contributed by atoms with Gasteiger partial charge in [-0.3, -0.25) is 9.59 Å². The number of hydrogen-bond donors (Lipinski definition) is 2. The molecule has 1 aliphatic carbocycles. The molecule has 3 rings (SSSR count). The van der Waals surface area contributed by atoms with Gasteiger partial charge in [0.2, 0.25) is 11.8 Å². The molecule has 1 saturated carbocycles. The molecule has 0 radical (unpaired) electrons. The molecule has 2 N–H and O–H groups in total. The maximum absolute atomic E-state index is 11.5. The van der Waals surface area contributed by atoms with E-state index in [0.29, 0.717) is 36.3 Å². The Balaban J connectivity index is 1.63. The number of aromatic nitrogens is 4. The van der Waals surface area contributed by atoms with Crippen LogP contribution in [0.1, 0.15) is 75.6 Å². The van der Waals surface area contributed by atoms with E-state index in [1.54, 1.807) is 13.8 Å². The molecule has 2 unspecified atom stereocenters. The van der Waals surface area contributed by atoms with Gasteiger partial charge < -0.3 is 10.6 Å². The molecule has 148 valence electrons. The van der Waals surface area contributed by atoms with Crippen molar-refractivity contribution in [3.63, 3.8) is 0 Å². The fraction of sp³-hybridized carbons (Fsp3) is 0.500. The third-order valence-electron chi connectivity index (χ3n) is 5.06. The van der Waals surface area contributed by atoms with Crippen LogP contribution in [0.3, 0.4) is 0 Å². The summed E-state index contributed by atoms with van der Waals surface area (Å²) in [7, 11) is 0. The zero-order valence-electron chi connectivity index (χ0n) is 16.3. The number of amides is 2. The van der Waals surface area contributed by atoms with Crippen molar-refractivity contribution in [3.8, 4) is 0 Å². The second-order valence-electron chi connectivity index (χ2n) is 7.05. The van der Waals surface area contributed by atoms with Crippen molar-refractivity contribution in [1.29, 1.82) is 0 Å².